The Morgan fingerprint density at radius 2 is 2.00 bits per heavy atom. The minimum atomic E-state index is 0.615. The molecule has 0 bridgehead atoms. The molecule has 2 heterocycles. The molecule has 6 heteroatoms. The molecule has 0 spiro atoms. The van der Waals surface area contributed by atoms with E-state index in [1.165, 1.54) is 5.56 Å². The third-order valence-corrected chi connectivity index (χ3v) is 3.25. The van der Waals surface area contributed by atoms with Gasteiger partial charge < -0.3 is 10.2 Å². The van der Waals surface area contributed by atoms with E-state index in [9.17, 15) is 0 Å². The predicted octanol–water partition coefficient (Wildman–Crippen LogP) is 2.42. The summed E-state index contributed by atoms with van der Waals surface area (Å²) in [6.07, 6.45) is 1.77. The zero-order valence-corrected chi connectivity index (χ0v) is 12.2. The maximum absolute atomic E-state index is 4.60. The standard InChI is InChI=1S/C15H18N6/c1-3-16-15-18-13-12(9-17-20-13)14(19-15)21(2)10-11-7-5-4-6-8-11/h4-9H,3,10H2,1-2H3,(H2,16,17,18,19,20). The van der Waals surface area contributed by atoms with Gasteiger partial charge in [0.15, 0.2) is 5.65 Å². The molecule has 108 valence electrons. The van der Waals surface area contributed by atoms with Crippen LogP contribution < -0.4 is 10.2 Å². The summed E-state index contributed by atoms with van der Waals surface area (Å²) in [5.41, 5.74) is 1.98. The Kier molecular flexibility index (Phi) is 3.68. The predicted molar refractivity (Wildman–Crippen MR) is 84.4 cm³/mol. The van der Waals surface area contributed by atoms with Crippen LogP contribution in [0.1, 0.15) is 12.5 Å². The number of H-pyrrole nitrogens is 1. The van der Waals surface area contributed by atoms with E-state index >= 15 is 0 Å². The molecule has 0 aliphatic carbocycles. The zero-order valence-electron chi connectivity index (χ0n) is 12.2. The molecule has 0 unspecified atom stereocenters. The number of rotatable bonds is 5. The average molecular weight is 282 g/mol. The topological polar surface area (TPSA) is 69.7 Å². The minimum Gasteiger partial charge on any atom is -0.355 e. The van der Waals surface area contributed by atoms with Crippen molar-refractivity contribution in [3.05, 3.63) is 42.1 Å². The first-order chi connectivity index (χ1) is 10.3. The first kappa shape index (κ1) is 13.4. The van der Waals surface area contributed by atoms with Gasteiger partial charge in [-0.1, -0.05) is 30.3 Å². The Bertz CT molecular complexity index is 721. The Labute approximate surface area is 123 Å². The Hall–Kier alpha value is -2.63. The molecule has 0 aliphatic rings. The lowest BCUT2D eigenvalue weighted by molar-refractivity contribution is 0.899. The van der Waals surface area contributed by atoms with E-state index in [0.717, 1.165) is 29.9 Å². The average Bonchev–Trinajstić information content (AvgIpc) is 2.96. The van der Waals surface area contributed by atoms with Crippen LogP contribution in [0.15, 0.2) is 36.5 Å². The van der Waals surface area contributed by atoms with Crippen LogP contribution >= 0.6 is 0 Å². The number of nitrogens with zero attached hydrogens (tertiary/aromatic N) is 4. The van der Waals surface area contributed by atoms with Crippen LogP contribution in [0.3, 0.4) is 0 Å². The molecule has 6 nitrogen and oxygen atoms in total. The minimum absolute atomic E-state index is 0.615. The molecule has 0 saturated heterocycles. The van der Waals surface area contributed by atoms with Crippen molar-refractivity contribution in [2.24, 2.45) is 0 Å². The van der Waals surface area contributed by atoms with Gasteiger partial charge in [-0.3, -0.25) is 5.10 Å². The van der Waals surface area contributed by atoms with E-state index in [0.29, 0.717) is 5.95 Å². The van der Waals surface area contributed by atoms with Gasteiger partial charge in [-0.15, -0.1) is 0 Å². The number of nitrogens with one attached hydrogen (secondary N) is 2. The highest BCUT2D eigenvalue weighted by Gasteiger charge is 2.13. The SMILES string of the molecule is CCNc1nc(N(C)Cc2ccccc2)c2cn[nH]c2n1. The molecule has 0 saturated carbocycles. The van der Waals surface area contributed by atoms with Crippen molar-refractivity contribution in [3.63, 3.8) is 0 Å². The summed E-state index contributed by atoms with van der Waals surface area (Å²) in [5, 5.41) is 11.1. The van der Waals surface area contributed by atoms with Gasteiger partial charge in [-0.25, -0.2) is 0 Å². The quantitative estimate of drug-likeness (QED) is 0.752. The normalized spacial score (nSPS) is 10.8. The Balaban J connectivity index is 1.96. The van der Waals surface area contributed by atoms with Crippen LogP contribution in [0, 0.1) is 0 Å². The Morgan fingerprint density at radius 3 is 2.76 bits per heavy atom. The second-order valence-electron chi connectivity index (χ2n) is 4.88. The van der Waals surface area contributed by atoms with Gasteiger partial charge in [0.05, 0.1) is 11.6 Å². The van der Waals surface area contributed by atoms with Crippen molar-refractivity contribution in [1.29, 1.82) is 0 Å². The lowest BCUT2D eigenvalue weighted by Crippen LogP contribution is -2.19. The largest absolute Gasteiger partial charge is 0.355 e. The first-order valence-electron chi connectivity index (χ1n) is 6.98. The molecule has 0 amide bonds. The highest BCUT2D eigenvalue weighted by Crippen LogP contribution is 2.24. The highest BCUT2D eigenvalue weighted by atomic mass is 15.2. The van der Waals surface area contributed by atoms with Crippen LogP contribution in [-0.2, 0) is 6.54 Å². The molecular formula is C15H18N6. The van der Waals surface area contributed by atoms with Crippen molar-refractivity contribution in [2.45, 2.75) is 13.5 Å². The van der Waals surface area contributed by atoms with Gasteiger partial charge in [0, 0.05) is 20.1 Å². The third kappa shape index (κ3) is 2.79. The molecule has 3 aromatic rings. The molecule has 2 N–H and O–H groups in total. The Morgan fingerprint density at radius 1 is 1.19 bits per heavy atom. The van der Waals surface area contributed by atoms with Gasteiger partial charge in [-0.05, 0) is 12.5 Å². The molecule has 21 heavy (non-hydrogen) atoms. The smallest absolute Gasteiger partial charge is 0.226 e. The fraction of sp³-hybridized carbons (Fsp3) is 0.267. The summed E-state index contributed by atoms with van der Waals surface area (Å²) in [6.45, 7) is 3.58. The van der Waals surface area contributed by atoms with Gasteiger partial charge >= 0.3 is 0 Å². The van der Waals surface area contributed by atoms with Gasteiger partial charge in [0.1, 0.15) is 5.82 Å². The highest BCUT2D eigenvalue weighted by molar-refractivity contribution is 5.87. The molecule has 1 aromatic carbocycles. The number of aromatic nitrogens is 4. The molecular weight excluding hydrogens is 264 g/mol. The molecule has 0 radical (unpaired) electrons. The lowest BCUT2D eigenvalue weighted by Gasteiger charge is -2.19. The van der Waals surface area contributed by atoms with Crippen molar-refractivity contribution in [3.8, 4) is 0 Å². The molecule has 0 aliphatic heterocycles. The van der Waals surface area contributed by atoms with E-state index in [1.807, 2.05) is 32.2 Å². The summed E-state index contributed by atoms with van der Waals surface area (Å²) in [7, 11) is 2.03. The second-order valence-corrected chi connectivity index (χ2v) is 4.88. The van der Waals surface area contributed by atoms with E-state index < -0.39 is 0 Å². The van der Waals surface area contributed by atoms with Gasteiger partial charge in [0.2, 0.25) is 5.95 Å². The van der Waals surface area contributed by atoms with E-state index in [1.54, 1.807) is 6.20 Å². The van der Waals surface area contributed by atoms with Crippen LogP contribution in [0.25, 0.3) is 11.0 Å². The number of aromatic amines is 1. The van der Waals surface area contributed by atoms with Crippen molar-refractivity contribution < 1.29 is 0 Å². The van der Waals surface area contributed by atoms with Crippen molar-refractivity contribution in [2.75, 3.05) is 23.8 Å². The summed E-state index contributed by atoms with van der Waals surface area (Å²) >= 11 is 0. The number of anilines is 2. The van der Waals surface area contributed by atoms with Crippen LogP contribution in [0.5, 0.6) is 0 Å². The molecule has 0 atom stereocenters. The fourth-order valence-corrected chi connectivity index (χ4v) is 2.28. The lowest BCUT2D eigenvalue weighted by atomic mass is 10.2. The summed E-state index contributed by atoms with van der Waals surface area (Å²) in [5.74, 6) is 1.48. The van der Waals surface area contributed by atoms with E-state index in [2.05, 4.69) is 42.5 Å². The maximum Gasteiger partial charge on any atom is 0.226 e. The zero-order chi connectivity index (χ0) is 14.7. The van der Waals surface area contributed by atoms with Crippen molar-refractivity contribution in [1.82, 2.24) is 20.2 Å². The van der Waals surface area contributed by atoms with Crippen LogP contribution in [0.4, 0.5) is 11.8 Å². The summed E-state index contributed by atoms with van der Waals surface area (Å²) in [6, 6.07) is 10.3. The fourth-order valence-electron chi connectivity index (χ4n) is 2.28. The second kappa shape index (κ2) is 5.78. The number of hydrogen-bond acceptors (Lipinski definition) is 5. The van der Waals surface area contributed by atoms with E-state index in [-0.39, 0.29) is 0 Å². The number of hydrogen-bond donors (Lipinski definition) is 2. The van der Waals surface area contributed by atoms with Crippen LogP contribution in [-0.4, -0.2) is 33.8 Å². The van der Waals surface area contributed by atoms with E-state index in [4.69, 9.17) is 0 Å². The number of fused-ring (bicyclic) bond motifs is 1. The third-order valence-electron chi connectivity index (χ3n) is 3.25. The molecule has 2 aromatic heterocycles. The molecule has 0 fully saturated rings. The van der Waals surface area contributed by atoms with Gasteiger partial charge in [-0.2, -0.15) is 15.1 Å². The summed E-state index contributed by atoms with van der Waals surface area (Å²) in [4.78, 5) is 11.1. The maximum atomic E-state index is 4.60. The van der Waals surface area contributed by atoms with Gasteiger partial charge in [0.25, 0.3) is 0 Å². The summed E-state index contributed by atoms with van der Waals surface area (Å²) < 4.78 is 0. The first-order valence-corrected chi connectivity index (χ1v) is 6.98. The molecule has 3 rings (SSSR count). The van der Waals surface area contributed by atoms with Crippen molar-refractivity contribution >= 4 is 22.8 Å². The number of benzene rings is 1. The monoisotopic (exact) mass is 282 g/mol. The van der Waals surface area contributed by atoms with Crippen LogP contribution in [0.2, 0.25) is 0 Å².